The lowest BCUT2D eigenvalue weighted by atomic mass is 10.1. The van der Waals surface area contributed by atoms with Gasteiger partial charge in [-0.2, -0.15) is 0 Å². The Bertz CT molecular complexity index is 318. The minimum atomic E-state index is -0.737. The van der Waals surface area contributed by atoms with E-state index in [0.29, 0.717) is 6.54 Å². The minimum absolute atomic E-state index is 0.0256. The molecule has 0 aliphatic carbocycles. The Morgan fingerprint density at radius 3 is 2.47 bits per heavy atom. The van der Waals surface area contributed by atoms with Crippen LogP contribution in [0.1, 0.15) is 32.4 Å². The molecule has 1 aromatic carbocycles. The van der Waals surface area contributed by atoms with Crippen molar-refractivity contribution in [2.24, 2.45) is 0 Å². The fraction of sp³-hybridized carbons (Fsp3) is 0.500. The molecule has 0 aliphatic rings. The number of rotatable bonds is 4. The molecule has 0 saturated carbocycles. The molecular formula is C12H19NO2. The summed E-state index contributed by atoms with van der Waals surface area (Å²) in [6, 6.07) is 7.24. The van der Waals surface area contributed by atoms with Gasteiger partial charge in [-0.1, -0.05) is 18.2 Å². The SMILES string of the molecule is CC(NCC(C)(C)O)c1ccccc1O. The molecule has 0 aliphatic heterocycles. The Morgan fingerprint density at radius 2 is 1.93 bits per heavy atom. The third-order valence-corrected chi connectivity index (χ3v) is 2.24. The summed E-state index contributed by atoms with van der Waals surface area (Å²) in [5.41, 5.74) is 0.111. The molecule has 0 bridgehead atoms. The number of aromatic hydroxyl groups is 1. The fourth-order valence-corrected chi connectivity index (χ4v) is 1.37. The summed E-state index contributed by atoms with van der Waals surface area (Å²) >= 11 is 0. The first-order valence-corrected chi connectivity index (χ1v) is 5.14. The molecule has 0 aromatic heterocycles. The molecule has 1 atom stereocenters. The number of hydrogen-bond acceptors (Lipinski definition) is 3. The van der Waals surface area contributed by atoms with Crippen LogP contribution in [-0.2, 0) is 0 Å². The predicted molar refractivity (Wildman–Crippen MR) is 60.8 cm³/mol. The lowest BCUT2D eigenvalue weighted by Crippen LogP contribution is -2.36. The van der Waals surface area contributed by atoms with E-state index in [1.807, 2.05) is 19.1 Å². The van der Waals surface area contributed by atoms with Gasteiger partial charge in [-0.15, -0.1) is 0 Å². The van der Waals surface area contributed by atoms with Crippen LogP contribution in [0.3, 0.4) is 0 Å². The number of aliphatic hydroxyl groups is 1. The zero-order valence-electron chi connectivity index (χ0n) is 9.49. The van der Waals surface area contributed by atoms with Crippen LogP contribution in [0.4, 0.5) is 0 Å². The molecule has 1 rings (SSSR count). The topological polar surface area (TPSA) is 52.5 Å². The summed E-state index contributed by atoms with van der Waals surface area (Å²) in [6.07, 6.45) is 0. The van der Waals surface area contributed by atoms with E-state index in [4.69, 9.17) is 0 Å². The standard InChI is InChI=1S/C12H19NO2/c1-9(13-8-12(2,3)15)10-6-4-5-7-11(10)14/h4-7,9,13-15H,8H2,1-3H3. The average Bonchev–Trinajstić information content (AvgIpc) is 2.14. The largest absolute Gasteiger partial charge is 0.508 e. The molecule has 0 amide bonds. The summed E-state index contributed by atoms with van der Waals surface area (Å²) in [5, 5.41) is 22.3. The maximum absolute atomic E-state index is 9.61. The first-order valence-electron chi connectivity index (χ1n) is 5.14. The van der Waals surface area contributed by atoms with Gasteiger partial charge in [0.2, 0.25) is 0 Å². The molecular weight excluding hydrogens is 190 g/mol. The molecule has 15 heavy (non-hydrogen) atoms. The highest BCUT2D eigenvalue weighted by molar-refractivity contribution is 5.34. The van der Waals surface area contributed by atoms with Gasteiger partial charge < -0.3 is 15.5 Å². The maximum Gasteiger partial charge on any atom is 0.120 e. The number of phenols is 1. The quantitative estimate of drug-likeness (QED) is 0.709. The van der Waals surface area contributed by atoms with Gasteiger partial charge in [-0.05, 0) is 26.8 Å². The number of phenolic OH excluding ortho intramolecular Hbond substituents is 1. The van der Waals surface area contributed by atoms with Crippen molar-refractivity contribution in [1.82, 2.24) is 5.32 Å². The summed E-state index contributed by atoms with van der Waals surface area (Å²) in [7, 11) is 0. The van der Waals surface area contributed by atoms with Gasteiger partial charge in [0.1, 0.15) is 5.75 Å². The van der Waals surface area contributed by atoms with Crippen LogP contribution in [0.5, 0.6) is 5.75 Å². The molecule has 0 saturated heterocycles. The fourth-order valence-electron chi connectivity index (χ4n) is 1.37. The lowest BCUT2D eigenvalue weighted by Gasteiger charge is -2.22. The molecule has 3 nitrogen and oxygen atoms in total. The van der Waals surface area contributed by atoms with Crippen LogP contribution < -0.4 is 5.32 Å². The van der Waals surface area contributed by atoms with Crippen LogP contribution in [0.15, 0.2) is 24.3 Å². The average molecular weight is 209 g/mol. The predicted octanol–water partition coefficient (Wildman–Crippen LogP) is 1.81. The van der Waals surface area contributed by atoms with Crippen molar-refractivity contribution in [1.29, 1.82) is 0 Å². The Kier molecular flexibility index (Phi) is 3.72. The van der Waals surface area contributed by atoms with Crippen molar-refractivity contribution < 1.29 is 10.2 Å². The summed E-state index contributed by atoms with van der Waals surface area (Å²) in [4.78, 5) is 0. The monoisotopic (exact) mass is 209 g/mol. The molecule has 1 aromatic rings. The highest BCUT2D eigenvalue weighted by Gasteiger charge is 2.15. The second-order valence-electron chi connectivity index (χ2n) is 4.47. The third kappa shape index (κ3) is 3.90. The van der Waals surface area contributed by atoms with Crippen molar-refractivity contribution in [2.75, 3.05) is 6.54 Å². The van der Waals surface area contributed by atoms with Crippen molar-refractivity contribution >= 4 is 0 Å². The zero-order chi connectivity index (χ0) is 11.5. The normalized spacial score (nSPS) is 13.9. The molecule has 3 N–H and O–H groups in total. The van der Waals surface area contributed by atoms with E-state index in [9.17, 15) is 10.2 Å². The number of benzene rings is 1. The van der Waals surface area contributed by atoms with E-state index in [2.05, 4.69) is 5.32 Å². The van der Waals surface area contributed by atoms with Gasteiger partial charge in [0.05, 0.1) is 5.60 Å². The minimum Gasteiger partial charge on any atom is -0.508 e. The molecule has 1 unspecified atom stereocenters. The van der Waals surface area contributed by atoms with E-state index < -0.39 is 5.60 Å². The van der Waals surface area contributed by atoms with E-state index in [1.165, 1.54) is 0 Å². The molecule has 0 fully saturated rings. The third-order valence-electron chi connectivity index (χ3n) is 2.24. The highest BCUT2D eigenvalue weighted by atomic mass is 16.3. The zero-order valence-corrected chi connectivity index (χ0v) is 9.49. The first-order chi connectivity index (χ1) is 6.90. The second-order valence-corrected chi connectivity index (χ2v) is 4.47. The Morgan fingerprint density at radius 1 is 1.33 bits per heavy atom. The van der Waals surface area contributed by atoms with E-state index in [-0.39, 0.29) is 11.8 Å². The van der Waals surface area contributed by atoms with Crippen LogP contribution in [-0.4, -0.2) is 22.4 Å². The molecule has 0 spiro atoms. The smallest absolute Gasteiger partial charge is 0.120 e. The van der Waals surface area contributed by atoms with Gasteiger partial charge in [-0.25, -0.2) is 0 Å². The lowest BCUT2D eigenvalue weighted by molar-refractivity contribution is 0.0769. The molecule has 0 radical (unpaired) electrons. The van der Waals surface area contributed by atoms with E-state index >= 15 is 0 Å². The van der Waals surface area contributed by atoms with E-state index in [1.54, 1.807) is 26.0 Å². The molecule has 84 valence electrons. The van der Waals surface area contributed by atoms with Crippen LogP contribution in [0, 0.1) is 0 Å². The van der Waals surface area contributed by atoms with Crippen molar-refractivity contribution in [3.63, 3.8) is 0 Å². The molecule has 3 heteroatoms. The van der Waals surface area contributed by atoms with Gasteiger partial charge in [0.25, 0.3) is 0 Å². The van der Waals surface area contributed by atoms with Crippen molar-refractivity contribution in [2.45, 2.75) is 32.4 Å². The van der Waals surface area contributed by atoms with Crippen LogP contribution in [0.25, 0.3) is 0 Å². The molecule has 0 heterocycles. The Labute approximate surface area is 90.8 Å². The van der Waals surface area contributed by atoms with Crippen LogP contribution in [0.2, 0.25) is 0 Å². The number of nitrogens with one attached hydrogen (secondary N) is 1. The summed E-state index contributed by atoms with van der Waals surface area (Å²) in [5.74, 6) is 0.285. The first kappa shape index (κ1) is 12.0. The Balaban J connectivity index is 2.62. The number of para-hydroxylation sites is 1. The highest BCUT2D eigenvalue weighted by Crippen LogP contribution is 2.23. The van der Waals surface area contributed by atoms with Gasteiger partial charge in [0, 0.05) is 18.2 Å². The van der Waals surface area contributed by atoms with E-state index in [0.717, 1.165) is 5.56 Å². The summed E-state index contributed by atoms with van der Waals surface area (Å²) < 4.78 is 0. The maximum atomic E-state index is 9.61. The second kappa shape index (κ2) is 4.64. The van der Waals surface area contributed by atoms with Crippen LogP contribution >= 0.6 is 0 Å². The van der Waals surface area contributed by atoms with Crippen molar-refractivity contribution in [3.05, 3.63) is 29.8 Å². The van der Waals surface area contributed by atoms with Gasteiger partial charge >= 0.3 is 0 Å². The number of hydrogen-bond donors (Lipinski definition) is 3. The summed E-state index contributed by atoms with van der Waals surface area (Å²) in [6.45, 7) is 5.94. The van der Waals surface area contributed by atoms with Gasteiger partial charge in [0.15, 0.2) is 0 Å². The van der Waals surface area contributed by atoms with Gasteiger partial charge in [-0.3, -0.25) is 0 Å². The Hall–Kier alpha value is -1.06. The van der Waals surface area contributed by atoms with Crippen molar-refractivity contribution in [3.8, 4) is 5.75 Å².